The van der Waals surface area contributed by atoms with Gasteiger partial charge in [0.1, 0.15) is 11.4 Å². The summed E-state index contributed by atoms with van der Waals surface area (Å²) in [4.78, 5) is 13.0. The molecule has 2 heterocycles. The fourth-order valence-electron chi connectivity index (χ4n) is 4.06. The van der Waals surface area contributed by atoms with E-state index in [9.17, 15) is 23.1 Å². The first-order valence-electron chi connectivity index (χ1n) is 10.8. The summed E-state index contributed by atoms with van der Waals surface area (Å²) in [5.74, 6) is 0.188. The van der Waals surface area contributed by atoms with Crippen LogP contribution in [0.15, 0.2) is 48.7 Å². The molecule has 0 spiro atoms. The van der Waals surface area contributed by atoms with Crippen molar-refractivity contribution in [1.82, 2.24) is 9.78 Å². The second kappa shape index (κ2) is 9.49. The van der Waals surface area contributed by atoms with E-state index >= 15 is 0 Å². The van der Waals surface area contributed by atoms with Crippen molar-refractivity contribution in [3.05, 3.63) is 65.4 Å². The van der Waals surface area contributed by atoms with Crippen molar-refractivity contribution in [1.29, 1.82) is 0 Å². The van der Waals surface area contributed by atoms with Crippen molar-refractivity contribution in [2.24, 2.45) is 0 Å². The maximum atomic E-state index is 14.0. The van der Waals surface area contributed by atoms with Gasteiger partial charge in [0, 0.05) is 12.1 Å². The standard InChI is InChI=1S/C24H25F3N4O4/c1-13(32)14-4-7-16(8-5-14)29-23(33)17-12-28-31-21(24(25,26)27)11-18(30-22(17)31)15-6-9-19(34-2)20(10-15)35-3/h4-10,12-13,18,21,30,32H,11H2,1-3H3,(H,29,33). The molecule has 0 fully saturated rings. The van der Waals surface area contributed by atoms with Gasteiger partial charge in [0.05, 0.1) is 32.6 Å². The quantitative estimate of drug-likeness (QED) is 0.456. The molecule has 0 bridgehead atoms. The second-order valence-electron chi connectivity index (χ2n) is 8.21. The molecule has 11 heteroatoms. The van der Waals surface area contributed by atoms with E-state index in [1.54, 1.807) is 49.4 Å². The summed E-state index contributed by atoms with van der Waals surface area (Å²) in [6.45, 7) is 1.62. The van der Waals surface area contributed by atoms with Crippen LogP contribution in [0.1, 0.15) is 53.0 Å². The van der Waals surface area contributed by atoms with Crippen LogP contribution in [0.3, 0.4) is 0 Å². The van der Waals surface area contributed by atoms with E-state index in [-0.39, 0.29) is 17.8 Å². The Balaban J connectivity index is 1.66. The predicted molar refractivity (Wildman–Crippen MR) is 123 cm³/mol. The largest absolute Gasteiger partial charge is 0.493 e. The fourth-order valence-corrected chi connectivity index (χ4v) is 4.06. The minimum absolute atomic E-state index is 0.0240. The number of methoxy groups -OCH3 is 2. The van der Waals surface area contributed by atoms with Gasteiger partial charge < -0.3 is 25.2 Å². The van der Waals surface area contributed by atoms with Crippen LogP contribution in [0.5, 0.6) is 11.5 Å². The molecule has 1 amide bonds. The number of benzene rings is 2. The summed E-state index contributed by atoms with van der Waals surface area (Å²) in [6.07, 6.45) is -4.45. The second-order valence-corrected chi connectivity index (χ2v) is 8.21. The lowest BCUT2D eigenvalue weighted by molar-refractivity contribution is -0.173. The predicted octanol–water partition coefficient (Wildman–Crippen LogP) is 4.87. The van der Waals surface area contributed by atoms with Gasteiger partial charge in [0.25, 0.3) is 5.91 Å². The first-order valence-corrected chi connectivity index (χ1v) is 10.8. The van der Waals surface area contributed by atoms with Gasteiger partial charge in [-0.15, -0.1) is 0 Å². The number of halogens is 3. The van der Waals surface area contributed by atoms with Gasteiger partial charge in [0.2, 0.25) is 0 Å². The fraction of sp³-hybridized carbons (Fsp3) is 0.333. The van der Waals surface area contributed by atoms with E-state index in [0.717, 1.165) is 10.9 Å². The number of anilines is 2. The van der Waals surface area contributed by atoms with E-state index in [4.69, 9.17) is 9.47 Å². The molecule has 1 aromatic heterocycles. The van der Waals surface area contributed by atoms with Crippen molar-refractivity contribution in [3.8, 4) is 11.5 Å². The number of nitrogens with zero attached hydrogens (tertiary/aromatic N) is 2. The summed E-state index contributed by atoms with van der Waals surface area (Å²) in [6, 6.07) is 8.71. The van der Waals surface area contributed by atoms with Gasteiger partial charge in [-0.3, -0.25) is 4.79 Å². The van der Waals surface area contributed by atoms with Crippen LogP contribution in [0.4, 0.5) is 24.7 Å². The number of rotatable bonds is 6. The number of alkyl halides is 3. The third-order valence-electron chi connectivity index (χ3n) is 5.94. The van der Waals surface area contributed by atoms with Crippen LogP contribution in [-0.4, -0.2) is 41.2 Å². The van der Waals surface area contributed by atoms with Crippen LogP contribution in [0, 0.1) is 0 Å². The maximum Gasteiger partial charge on any atom is 0.410 e. The highest BCUT2D eigenvalue weighted by Gasteiger charge is 2.47. The van der Waals surface area contributed by atoms with E-state index in [1.807, 2.05) is 0 Å². The number of carbonyl (C=O) groups excluding carboxylic acids is 1. The molecule has 186 valence electrons. The van der Waals surface area contributed by atoms with E-state index < -0.39 is 30.3 Å². The van der Waals surface area contributed by atoms with E-state index in [2.05, 4.69) is 15.7 Å². The zero-order valence-electron chi connectivity index (χ0n) is 19.3. The first kappa shape index (κ1) is 24.4. The molecule has 1 aliphatic rings. The summed E-state index contributed by atoms with van der Waals surface area (Å²) >= 11 is 0. The zero-order valence-corrected chi connectivity index (χ0v) is 19.3. The minimum atomic E-state index is -4.58. The number of aliphatic hydroxyl groups is 1. The molecule has 4 rings (SSSR count). The van der Waals surface area contributed by atoms with Gasteiger partial charge >= 0.3 is 6.18 Å². The maximum absolute atomic E-state index is 14.0. The molecule has 2 aromatic carbocycles. The average molecular weight is 490 g/mol. The Morgan fingerprint density at radius 3 is 2.46 bits per heavy atom. The van der Waals surface area contributed by atoms with Crippen LogP contribution < -0.4 is 20.1 Å². The lowest BCUT2D eigenvalue weighted by atomic mass is 9.96. The number of fused-ring (bicyclic) bond motifs is 1. The monoisotopic (exact) mass is 490 g/mol. The Morgan fingerprint density at radius 1 is 1.17 bits per heavy atom. The van der Waals surface area contributed by atoms with Gasteiger partial charge in [-0.1, -0.05) is 18.2 Å². The molecule has 0 saturated carbocycles. The molecule has 3 unspecified atom stereocenters. The first-order chi connectivity index (χ1) is 16.6. The number of aromatic nitrogens is 2. The highest BCUT2D eigenvalue weighted by molar-refractivity contribution is 6.07. The third kappa shape index (κ3) is 4.90. The summed E-state index contributed by atoms with van der Waals surface area (Å²) in [5.41, 5.74) is 1.62. The number of carbonyl (C=O) groups is 1. The van der Waals surface area contributed by atoms with Gasteiger partial charge in [0.15, 0.2) is 17.5 Å². The number of nitrogens with one attached hydrogen (secondary N) is 2. The Bertz CT molecular complexity index is 1210. The Labute approximate surface area is 199 Å². The highest BCUT2D eigenvalue weighted by Crippen LogP contribution is 2.45. The van der Waals surface area contributed by atoms with Gasteiger partial charge in [-0.2, -0.15) is 18.3 Å². The molecule has 1 aliphatic heterocycles. The molecule has 0 saturated heterocycles. The summed E-state index contributed by atoms with van der Waals surface area (Å²) < 4.78 is 53.3. The van der Waals surface area contributed by atoms with Crippen molar-refractivity contribution in [2.75, 3.05) is 24.9 Å². The molecule has 35 heavy (non-hydrogen) atoms. The van der Waals surface area contributed by atoms with Gasteiger partial charge in [-0.25, -0.2) is 4.68 Å². The van der Waals surface area contributed by atoms with Crippen molar-refractivity contribution in [3.63, 3.8) is 0 Å². The Kier molecular flexibility index (Phi) is 6.62. The highest BCUT2D eigenvalue weighted by atomic mass is 19.4. The minimum Gasteiger partial charge on any atom is -0.493 e. The third-order valence-corrected chi connectivity index (χ3v) is 5.94. The molecule has 3 atom stereocenters. The van der Waals surface area contributed by atoms with E-state index in [1.165, 1.54) is 14.2 Å². The smallest absolute Gasteiger partial charge is 0.410 e. The van der Waals surface area contributed by atoms with Crippen molar-refractivity contribution < 1.29 is 32.5 Å². The van der Waals surface area contributed by atoms with E-state index in [0.29, 0.717) is 28.3 Å². The number of hydrogen-bond acceptors (Lipinski definition) is 6. The molecule has 0 radical (unpaired) electrons. The zero-order chi connectivity index (χ0) is 25.3. The number of ether oxygens (including phenoxy) is 2. The SMILES string of the molecule is COc1ccc(C2CC(C(F)(F)F)n3ncc(C(=O)Nc4ccc(C(C)O)cc4)c3N2)cc1OC. The van der Waals surface area contributed by atoms with Crippen molar-refractivity contribution in [2.45, 2.75) is 37.7 Å². The van der Waals surface area contributed by atoms with Crippen LogP contribution in [0.2, 0.25) is 0 Å². The normalized spacial score (nSPS) is 18.3. The average Bonchev–Trinajstić information content (AvgIpc) is 3.26. The Morgan fingerprint density at radius 2 is 1.86 bits per heavy atom. The van der Waals surface area contributed by atoms with Crippen molar-refractivity contribution >= 4 is 17.4 Å². The molecule has 8 nitrogen and oxygen atoms in total. The molecule has 0 aliphatic carbocycles. The number of amides is 1. The number of aliphatic hydroxyl groups excluding tert-OH is 1. The Hall–Kier alpha value is -3.73. The topological polar surface area (TPSA) is 97.6 Å². The molecule has 3 N–H and O–H groups in total. The molecular formula is C24H25F3N4O4. The van der Waals surface area contributed by atoms with Crippen LogP contribution >= 0.6 is 0 Å². The molecular weight excluding hydrogens is 465 g/mol. The van der Waals surface area contributed by atoms with Gasteiger partial charge in [-0.05, 0) is 42.3 Å². The lowest BCUT2D eigenvalue weighted by Crippen LogP contribution is -2.36. The lowest BCUT2D eigenvalue weighted by Gasteiger charge is -2.34. The molecule has 3 aromatic rings. The number of hydrogen-bond donors (Lipinski definition) is 3. The van der Waals surface area contributed by atoms with Crippen LogP contribution in [-0.2, 0) is 0 Å². The summed E-state index contributed by atoms with van der Waals surface area (Å²) in [7, 11) is 2.91. The summed E-state index contributed by atoms with van der Waals surface area (Å²) in [5, 5.41) is 19.3. The van der Waals surface area contributed by atoms with Crippen LogP contribution in [0.25, 0.3) is 0 Å².